The molecule has 0 aliphatic carbocycles. The number of rotatable bonds is 4. The number of benzene rings is 3. The highest BCUT2D eigenvalue weighted by Gasteiger charge is 2.38. The second-order valence-corrected chi connectivity index (χ2v) is 9.21. The van der Waals surface area contributed by atoms with E-state index in [1.807, 2.05) is 31.2 Å². The first-order valence-corrected chi connectivity index (χ1v) is 11.6. The van der Waals surface area contributed by atoms with Gasteiger partial charge in [-0.05, 0) is 60.5 Å². The van der Waals surface area contributed by atoms with Crippen LogP contribution in [0.1, 0.15) is 38.0 Å². The summed E-state index contributed by atoms with van der Waals surface area (Å²) >= 11 is 1.41. The Morgan fingerprint density at radius 3 is 2.08 bits per heavy atom. The van der Waals surface area contributed by atoms with E-state index in [9.17, 15) is 35.9 Å². The van der Waals surface area contributed by atoms with Crippen molar-refractivity contribution < 1.29 is 35.9 Å². The third-order valence-corrected chi connectivity index (χ3v) is 6.66. The lowest BCUT2D eigenvalue weighted by Crippen LogP contribution is -2.27. The fourth-order valence-corrected chi connectivity index (χ4v) is 4.93. The average Bonchev–Trinajstić information content (AvgIpc) is 3.19. The quantitative estimate of drug-likeness (QED) is 0.372. The molecule has 0 radical (unpaired) electrons. The van der Waals surface area contributed by atoms with Crippen LogP contribution in [0.15, 0.2) is 66.7 Å². The molecule has 4 nitrogen and oxygen atoms in total. The summed E-state index contributed by atoms with van der Waals surface area (Å²) in [6.45, 7) is 1.91. The normalized spacial score (nSPS) is 16.4. The Kier molecular flexibility index (Phi) is 6.78. The number of nitrogens with one attached hydrogen (secondary N) is 1. The van der Waals surface area contributed by atoms with Gasteiger partial charge < -0.3 is 5.32 Å². The van der Waals surface area contributed by atoms with E-state index >= 15 is 0 Å². The van der Waals surface area contributed by atoms with E-state index in [1.165, 1.54) is 23.9 Å². The van der Waals surface area contributed by atoms with E-state index in [0.29, 0.717) is 12.1 Å². The first-order valence-electron chi connectivity index (χ1n) is 10.5. The van der Waals surface area contributed by atoms with Gasteiger partial charge in [0.25, 0.3) is 5.91 Å². The molecular weight excluding hydrogens is 506 g/mol. The molecule has 1 saturated heterocycles. The van der Waals surface area contributed by atoms with Crippen molar-refractivity contribution in [3.05, 3.63) is 94.5 Å². The number of aryl methyl sites for hydroxylation is 1. The molecule has 1 heterocycles. The number of hydrogen-bond acceptors (Lipinski definition) is 3. The summed E-state index contributed by atoms with van der Waals surface area (Å²) in [5.41, 5.74) is -1.29. The van der Waals surface area contributed by atoms with Crippen LogP contribution in [0.4, 0.5) is 37.7 Å². The van der Waals surface area contributed by atoms with Crippen LogP contribution >= 0.6 is 11.8 Å². The molecule has 2 amide bonds. The van der Waals surface area contributed by atoms with Gasteiger partial charge in [0.05, 0.1) is 16.9 Å². The zero-order chi connectivity index (χ0) is 26.3. The lowest BCUT2D eigenvalue weighted by atomic mass is 10.0. The van der Waals surface area contributed by atoms with Gasteiger partial charge in [-0.1, -0.05) is 24.3 Å². The van der Waals surface area contributed by atoms with E-state index in [4.69, 9.17) is 0 Å². The van der Waals surface area contributed by atoms with Crippen molar-refractivity contribution in [2.45, 2.75) is 24.7 Å². The standard InChI is InChI=1S/C25H18F6N2O2S/c1-14-3-2-4-20(9-14)33-21(34)13-36-23(33)15-5-7-19(8-6-15)32-22(35)16-10-17(24(26,27)28)12-18(11-16)25(29,30)31/h2-12,23H,13H2,1H3,(H,32,35). The molecule has 0 saturated carbocycles. The van der Waals surface area contributed by atoms with Gasteiger partial charge in [-0.15, -0.1) is 11.8 Å². The van der Waals surface area contributed by atoms with Crippen LogP contribution in [0.5, 0.6) is 0 Å². The summed E-state index contributed by atoms with van der Waals surface area (Å²) in [6, 6.07) is 14.4. The zero-order valence-electron chi connectivity index (χ0n) is 18.6. The van der Waals surface area contributed by atoms with E-state index in [-0.39, 0.29) is 28.8 Å². The Morgan fingerprint density at radius 1 is 0.917 bits per heavy atom. The summed E-state index contributed by atoms with van der Waals surface area (Å²) in [5.74, 6) is -0.919. The molecule has 1 aliphatic rings. The number of nitrogens with zero attached hydrogens (tertiary/aromatic N) is 1. The lowest BCUT2D eigenvalue weighted by Gasteiger charge is -2.25. The summed E-state index contributed by atoms with van der Waals surface area (Å²) in [6.07, 6.45) is -10.1. The first-order chi connectivity index (χ1) is 16.8. The van der Waals surface area contributed by atoms with Crippen molar-refractivity contribution in [1.29, 1.82) is 0 Å². The fourth-order valence-electron chi connectivity index (χ4n) is 3.75. The third-order valence-electron chi connectivity index (χ3n) is 5.45. The molecule has 3 aromatic carbocycles. The number of anilines is 2. The van der Waals surface area contributed by atoms with Gasteiger partial charge in [-0.3, -0.25) is 14.5 Å². The molecule has 0 bridgehead atoms. The highest BCUT2D eigenvalue weighted by Crippen LogP contribution is 2.42. The highest BCUT2D eigenvalue weighted by molar-refractivity contribution is 8.00. The summed E-state index contributed by atoms with van der Waals surface area (Å²) in [7, 11) is 0. The van der Waals surface area contributed by atoms with E-state index < -0.39 is 35.0 Å². The van der Waals surface area contributed by atoms with Crippen LogP contribution in [0.25, 0.3) is 0 Å². The van der Waals surface area contributed by atoms with E-state index in [1.54, 1.807) is 17.0 Å². The number of thioether (sulfide) groups is 1. The Morgan fingerprint density at radius 2 is 1.53 bits per heavy atom. The Balaban J connectivity index is 1.56. The second-order valence-electron chi connectivity index (χ2n) is 8.14. The molecule has 0 aromatic heterocycles. The molecule has 36 heavy (non-hydrogen) atoms. The number of halogens is 6. The van der Waals surface area contributed by atoms with Crippen LogP contribution in [0.3, 0.4) is 0 Å². The maximum absolute atomic E-state index is 13.1. The molecule has 1 aliphatic heterocycles. The minimum absolute atomic E-state index is 0.0356. The summed E-state index contributed by atoms with van der Waals surface area (Å²) < 4.78 is 78.6. The van der Waals surface area contributed by atoms with E-state index in [2.05, 4.69) is 5.32 Å². The maximum atomic E-state index is 13.1. The van der Waals surface area contributed by atoms with Gasteiger partial charge in [-0.25, -0.2) is 0 Å². The second kappa shape index (κ2) is 9.53. The Bertz CT molecular complexity index is 1270. The van der Waals surface area contributed by atoms with E-state index in [0.717, 1.165) is 16.8 Å². The Hall–Kier alpha value is -3.47. The largest absolute Gasteiger partial charge is 0.416 e. The molecule has 1 atom stereocenters. The van der Waals surface area contributed by atoms with Crippen molar-refractivity contribution in [2.24, 2.45) is 0 Å². The van der Waals surface area contributed by atoms with Crippen molar-refractivity contribution >= 4 is 35.0 Å². The average molecular weight is 524 g/mol. The number of amides is 2. The molecule has 1 unspecified atom stereocenters. The molecule has 11 heteroatoms. The van der Waals surface area contributed by atoms with Crippen molar-refractivity contribution in [3.63, 3.8) is 0 Å². The number of alkyl halides is 6. The van der Waals surface area contributed by atoms with Gasteiger partial charge in [0, 0.05) is 16.9 Å². The van der Waals surface area contributed by atoms with Crippen molar-refractivity contribution in [3.8, 4) is 0 Å². The minimum atomic E-state index is -5.06. The van der Waals surface area contributed by atoms with Crippen LogP contribution < -0.4 is 10.2 Å². The number of hydrogen-bond donors (Lipinski definition) is 1. The predicted octanol–water partition coefficient (Wildman–Crippen LogP) is 7.06. The van der Waals surface area contributed by atoms with Crippen molar-refractivity contribution in [2.75, 3.05) is 16.0 Å². The van der Waals surface area contributed by atoms with Crippen LogP contribution in [0.2, 0.25) is 0 Å². The van der Waals surface area contributed by atoms with Crippen LogP contribution in [-0.2, 0) is 17.1 Å². The fraction of sp³-hybridized carbons (Fsp3) is 0.200. The van der Waals surface area contributed by atoms with Crippen molar-refractivity contribution in [1.82, 2.24) is 0 Å². The summed E-state index contributed by atoms with van der Waals surface area (Å²) in [4.78, 5) is 26.7. The van der Waals surface area contributed by atoms with Gasteiger partial charge in [0.2, 0.25) is 5.91 Å². The maximum Gasteiger partial charge on any atom is 0.416 e. The summed E-state index contributed by atoms with van der Waals surface area (Å²) in [5, 5.41) is 2.00. The SMILES string of the molecule is Cc1cccc(N2C(=O)CSC2c2ccc(NC(=O)c3cc(C(F)(F)F)cc(C(F)(F)F)c3)cc2)c1. The molecule has 4 rings (SSSR count). The smallest absolute Gasteiger partial charge is 0.322 e. The Labute approximate surface area is 206 Å². The van der Waals surface area contributed by atoms with Gasteiger partial charge in [0.15, 0.2) is 0 Å². The minimum Gasteiger partial charge on any atom is -0.322 e. The highest BCUT2D eigenvalue weighted by atomic mass is 32.2. The lowest BCUT2D eigenvalue weighted by molar-refractivity contribution is -0.143. The van der Waals surface area contributed by atoms with Gasteiger partial charge in [0.1, 0.15) is 5.37 Å². The molecule has 1 N–H and O–H groups in total. The topological polar surface area (TPSA) is 49.4 Å². The predicted molar refractivity (Wildman–Crippen MR) is 125 cm³/mol. The van der Waals surface area contributed by atoms with Gasteiger partial charge >= 0.3 is 12.4 Å². The van der Waals surface area contributed by atoms with Gasteiger partial charge in [-0.2, -0.15) is 26.3 Å². The molecule has 188 valence electrons. The van der Waals surface area contributed by atoms with Crippen LogP contribution in [-0.4, -0.2) is 17.6 Å². The first kappa shape index (κ1) is 25.6. The number of carbonyl (C=O) groups excluding carboxylic acids is 2. The zero-order valence-corrected chi connectivity index (χ0v) is 19.4. The molecular formula is C25H18F6N2O2S. The molecule has 3 aromatic rings. The number of carbonyl (C=O) groups is 2. The third kappa shape index (κ3) is 5.51. The molecule has 0 spiro atoms. The monoisotopic (exact) mass is 524 g/mol. The molecule has 1 fully saturated rings. The van der Waals surface area contributed by atoms with Crippen LogP contribution in [0, 0.1) is 6.92 Å².